The van der Waals surface area contributed by atoms with Crippen molar-refractivity contribution in [1.29, 1.82) is 0 Å². The maximum atomic E-state index is 12.8. The Labute approximate surface area is 107 Å². The van der Waals surface area contributed by atoms with E-state index in [1.54, 1.807) is 0 Å². The maximum absolute atomic E-state index is 12.8. The van der Waals surface area contributed by atoms with Gasteiger partial charge in [0.15, 0.2) is 0 Å². The molecule has 1 saturated heterocycles. The van der Waals surface area contributed by atoms with Gasteiger partial charge in [0.25, 0.3) is 0 Å². The maximum Gasteiger partial charge on any atom is 0.118 e. The zero-order valence-corrected chi connectivity index (χ0v) is 12.6. The molecule has 0 aliphatic carbocycles. The molecule has 1 aliphatic heterocycles. The van der Waals surface area contributed by atoms with Crippen LogP contribution in [-0.2, 0) is 4.57 Å². The lowest BCUT2D eigenvalue weighted by Gasteiger charge is -2.18. The lowest BCUT2D eigenvalue weighted by atomic mass is 10.2. The summed E-state index contributed by atoms with van der Waals surface area (Å²) in [5.41, 5.74) is 0. The van der Waals surface area contributed by atoms with E-state index in [1.807, 2.05) is 30.3 Å². The molecule has 2 rings (SSSR count). The van der Waals surface area contributed by atoms with Crippen LogP contribution in [0, 0.1) is 0 Å². The molecule has 0 bridgehead atoms. The van der Waals surface area contributed by atoms with Crippen molar-refractivity contribution in [2.75, 3.05) is 12.3 Å². The molecule has 3 atom stereocenters. The van der Waals surface area contributed by atoms with Gasteiger partial charge in [0.2, 0.25) is 0 Å². The van der Waals surface area contributed by atoms with E-state index in [0.29, 0.717) is 0 Å². The Morgan fingerprint density at radius 2 is 2.00 bits per heavy atom. The minimum Gasteiger partial charge on any atom is -0.319 e. The van der Waals surface area contributed by atoms with E-state index in [9.17, 15) is 4.57 Å². The third kappa shape index (κ3) is 2.25. The van der Waals surface area contributed by atoms with E-state index in [0.717, 1.165) is 17.6 Å². The molecule has 1 aliphatic rings. The second-order valence-electron chi connectivity index (χ2n) is 4.31. The van der Waals surface area contributed by atoms with Crippen LogP contribution in [0.3, 0.4) is 0 Å². The highest BCUT2D eigenvalue weighted by Gasteiger charge is 2.47. The standard InChI is InChI=1S/C11H13Br2OP/c1-11(13)8-15(14,7-10(11)12)9-5-3-2-4-6-9/h2-6,10H,7-8H2,1H3/t10-,11-,15-/m0/s1. The first-order valence-corrected chi connectivity index (χ1v) is 8.69. The monoisotopic (exact) mass is 350 g/mol. The zero-order chi connectivity index (χ0) is 11.1. The molecule has 0 aromatic heterocycles. The normalized spacial score (nSPS) is 40.6. The Morgan fingerprint density at radius 1 is 1.40 bits per heavy atom. The molecule has 82 valence electrons. The summed E-state index contributed by atoms with van der Waals surface area (Å²) >= 11 is 7.28. The largest absolute Gasteiger partial charge is 0.319 e. The number of hydrogen-bond donors (Lipinski definition) is 0. The van der Waals surface area contributed by atoms with Crippen molar-refractivity contribution in [3.63, 3.8) is 0 Å². The van der Waals surface area contributed by atoms with Gasteiger partial charge in [0.05, 0.1) is 0 Å². The second kappa shape index (κ2) is 4.01. The quantitative estimate of drug-likeness (QED) is 0.558. The van der Waals surface area contributed by atoms with Crippen LogP contribution in [0.1, 0.15) is 6.92 Å². The third-order valence-corrected chi connectivity index (χ3v) is 9.98. The van der Waals surface area contributed by atoms with E-state index < -0.39 is 7.14 Å². The number of rotatable bonds is 1. The van der Waals surface area contributed by atoms with Crippen LogP contribution in [0.2, 0.25) is 0 Å². The summed E-state index contributed by atoms with van der Waals surface area (Å²) in [5.74, 6) is 0. The van der Waals surface area contributed by atoms with Crippen molar-refractivity contribution in [3.8, 4) is 0 Å². The van der Waals surface area contributed by atoms with Gasteiger partial charge in [-0.1, -0.05) is 62.2 Å². The second-order valence-corrected chi connectivity index (χ2v) is 10.2. The molecule has 4 heteroatoms. The Hall–Kier alpha value is 0.410. The van der Waals surface area contributed by atoms with Gasteiger partial charge in [-0.2, -0.15) is 0 Å². The summed E-state index contributed by atoms with van der Waals surface area (Å²) in [5, 5.41) is 1.01. The minimum atomic E-state index is -2.19. The molecule has 1 aromatic rings. The first kappa shape index (κ1) is 11.9. The lowest BCUT2D eigenvalue weighted by Crippen LogP contribution is -2.25. The van der Waals surface area contributed by atoms with Crippen LogP contribution < -0.4 is 5.30 Å². The van der Waals surface area contributed by atoms with Crippen LogP contribution in [0.25, 0.3) is 0 Å². The van der Waals surface area contributed by atoms with Crippen molar-refractivity contribution in [3.05, 3.63) is 30.3 Å². The van der Waals surface area contributed by atoms with Crippen LogP contribution in [0.5, 0.6) is 0 Å². The van der Waals surface area contributed by atoms with E-state index in [-0.39, 0.29) is 9.15 Å². The predicted octanol–water partition coefficient (Wildman–Crippen LogP) is 3.61. The third-order valence-electron chi connectivity index (χ3n) is 2.90. The number of hydrogen-bond acceptors (Lipinski definition) is 1. The van der Waals surface area contributed by atoms with Crippen LogP contribution >= 0.6 is 39.0 Å². The molecule has 1 aromatic carbocycles. The zero-order valence-electron chi connectivity index (χ0n) is 8.49. The highest BCUT2D eigenvalue weighted by atomic mass is 79.9. The Balaban J connectivity index is 2.36. The van der Waals surface area contributed by atoms with Crippen molar-refractivity contribution >= 4 is 44.3 Å². The Kier molecular flexibility index (Phi) is 3.18. The molecule has 0 radical (unpaired) electrons. The fourth-order valence-electron chi connectivity index (χ4n) is 2.01. The van der Waals surface area contributed by atoms with Gasteiger partial charge < -0.3 is 4.57 Å². The molecule has 1 nitrogen and oxygen atoms in total. The lowest BCUT2D eigenvalue weighted by molar-refractivity contribution is 0.584. The molecule has 0 spiro atoms. The van der Waals surface area contributed by atoms with Gasteiger partial charge in [-0.15, -0.1) is 0 Å². The van der Waals surface area contributed by atoms with Crippen LogP contribution in [-0.4, -0.2) is 21.5 Å². The van der Waals surface area contributed by atoms with Gasteiger partial charge >= 0.3 is 0 Å². The fraction of sp³-hybridized carbons (Fsp3) is 0.455. The highest BCUT2D eigenvalue weighted by molar-refractivity contribution is 9.12. The number of alkyl halides is 2. The molecule has 1 heterocycles. The predicted molar refractivity (Wildman–Crippen MR) is 73.5 cm³/mol. The van der Waals surface area contributed by atoms with E-state index >= 15 is 0 Å². The van der Waals surface area contributed by atoms with Gasteiger partial charge in [0.1, 0.15) is 7.14 Å². The van der Waals surface area contributed by atoms with Gasteiger partial charge in [-0.3, -0.25) is 0 Å². The summed E-state index contributed by atoms with van der Waals surface area (Å²) in [4.78, 5) is 0.288. The summed E-state index contributed by atoms with van der Waals surface area (Å²) in [6.45, 7) is 2.11. The molecule has 15 heavy (non-hydrogen) atoms. The van der Waals surface area contributed by atoms with Crippen LogP contribution in [0.15, 0.2) is 30.3 Å². The first-order chi connectivity index (χ1) is 6.94. The Morgan fingerprint density at radius 3 is 2.47 bits per heavy atom. The fourth-order valence-corrected chi connectivity index (χ4v) is 8.83. The van der Waals surface area contributed by atoms with E-state index in [4.69, 9.17) is 0 Å². The van der Waals surface area contributed by atoms with E-state index in [2.05, 4.69) is 38.8 Å². The average molecular weight is 352 g/mol. The number of halogens is 2. The van der Waals surface area contributed by atoms with E-state index in [1.165, 1.54) is 0 Å². The van der Waals surface area contributed by atoms with Crippen molar-refractivity contribution in [1.82, 2.24) is 0 Å². The van der Waals surface area contributed by atoms with Crippen molar-refractivity contribution in [2.45, 2.75) is 16.1 Å². The van der Waals surface area contributed by atoms with Crippen molar-refractivity contribution < 1.29 is 4.57 Å². The van der Waals surface area contributed by atoms with Gasteiger partial charge in [0, 0.05) is 26.8 Å². The SMILES string of the molecule is C[C@]1(Br)C[P@](=O)(c2ccccc2)C[C@@H]1Br. The van der Waals surface area contributed by atoms with Crippen LogP contribution in [0.4, 0.5) is 0 Å². The molecule has 0 unspecified atom stereocenters. The average Bonchev–Trinajstić information content (AvgIpc) is 2.38. The smallest absolute Gasteiger partial charge is 0.118 e. The van der Waals surface area contributed by atoms with Crippen molar-refractivity contribution in [2.24, 2.45) is 0 Å². The first-order valence-electron chi connectivity index (χ1n) is 4.91. The molecule has 0 N–H and O–H groups in total. The molecule has 1 fully saturated rings. The molecule has 0 saturated carbocycles. The number of benzene rings is 1. The van der Waals surface area contributed by atoms with Gasteiger partial charge in [-0.05, 0) is 6.92 Å². The summed E-state index contributed by atoms with van der Waals surface area (Å²) < 4.78 is 12.7. The summed E-state index contributed by atoms with van der Waals surface area (Å²) in [6, 6.07) is 9.85. The Bertz CT molecular complexity index is 402. The molecular weight excluding hydrogens is 339 g/mol. The van der Waals surface area contributed by atoms with Gasteiger partial charge in [-0.25, -0.2) is 0 Å². The summed E-state index contributed by atoms with van der Waals surface area (Å²) in [7, 11) is -2.19. The highest BCUT2D eigenvalue weighted by Crippen LogP contribution is 2.59. The minimum absolute atomic E-state index is 0.0433. The molecular formula is C11H13Br2OP. The molecule has 0 amide bonds. The topological polar surface area (TPSA) is 17.1 Å². The summed E-state index contributed by atoms with van der Waals surface area (Å²) in [6.07, 6.45) is 1.48.